The van der Waals surface area contributed by atoms with Crippen molar-refractivity contribution < 1.29 is 14.3 Å². The number of carbonyl (C=O) groups excluding carboxylic acids is 2. The minimum atomic E-state index is -1.17. The van der Waals surface area contributed by atoms with Gasteiger partial charge in [0.15, 0.2) is 0 Å². The first-order chi connectivity index (χ1) is 14.3. The second-order valence-electron chi connectivity index (χ2n) is 6.54. The van der Waals surface area contributed by atoms with Gasteiger partial charge in [0.25, 0.3) is 5.91 Å². The van der Waals surface area contributed by atoms with Gasteiger partial charge in [-0.25, -0.2) is 9.48 Å². The molecule has 0 saturated heterocycles. The molecule has 0 aliphatic rings. The van der Waals surface area contributed by atoms with Crippen molar-refractivity contribution >= 4 is 41.2 Å². The van der Waals surface area contributed by atoms with E-state index in [1.165, 1.54) is 12.2 Å². The van der Waals surface area contributed by atoms with Crippen molar-refractivity contribution in [3.8, 4) is 0 Å². The van der Waals surface area contributed by atoms with Gasteiger partial charge in [-0.1, -0.05) is 65.7 Å². The number of aryl methyl sites for hydroxylation is 1. The molecule has 0 saturated carbocycles. The fraction of sp³-hybridized carbons (Fsp3) is 0.136. The number of nitrogens with zero attached hydrogens (tertiary/aromatic N) is 2. The van der Waals surface area contributed by atoms with E-state index in [9.17, 15) is 9.59 Å². The van der Waals surface area contributed by atoms with Crippen LogP contribution in [0.25, 0.3) is 6.08 Å². The zero-order chi connectivity index (χ0) is 21.7. The normalized spacial score (nSPS) is 12.1. The molecule has 0 fully saturated rings. The van der Waals surface area contributed by atoms with E-state index < -0.39 is 18.0 Å². The number of primary amides is 1. The lowest BCUT2D eigenvalue weighted by Crippen LogP contribution is -2.25. The van der Waals surface area contributed by atoms with Gasteiger partial charge in [-0.05, 0) is 30.7 Å². The van der Waals surface area contributed by atoms with Crippen LogP contribution >= 0.6 is 23.2 Å². The summed E-state index contributed by atoms with van der Waals surface area (Å²) in [7, 11) is 0. The molecule has 30 heavy (non-hydrogen) atoms. The van der Waals surface area contributed by atoms with Crippen LogP contribution in [0.15, 0.2) is 60.7 Å². The summed E-state index contributed by atoms with van der Waals surface area (Å²) >= 11 is 12.4. The van der Waals surface area contributed by atoms with Crippen LogP contribution in [0, 0.1) is 6.92 Å². The SMILES string of the molecule is Cc1nn(Cc2ccc(Cl)cc2)c(Cl)c1/C=C/C(=O)O[C@@H](C(N)=O)c1ccccc1. The average molecular weight is 444 g/mol. The topological polar surface area (TPSA) is 87.2 Å². The maximum atomic E-state index is 12.3. The molecule has 2 N–H and O–H groups in total. The number of ether oxygens (including phenoxy) is 1. The van der Waals surface area contributed by atoms with Gasteiger partial charge in [-0.3, -0.25) is 4.79 Å². The molecule has 8 heteroatoms. The second kappa shape index (κ2) is 9.61. The highest BCUT2D eigenvalue weighted by Crippen LogP contribution is 2.23. The van der Waals surface area contributed by atoms with E-state index in [-0.39, 0.29) is 0 Å². The van der Waals surface area contributed by atoms with Gasteiger partial charge in [0, 0.05) is 22.2 Å². The fourth-order valence-electron chi connectivity index (χ4n) is 2.85. The van der Waals surface area contributed by atoms with E-state index in [1.54, 1.807) is 54.1 Å². The predicted octanol–water partition coefficient (Wildman–Crippen LogP) is 4.33. The molecule has 1 amide bonds. The van der Waals surface area contributed by atoms with Crippen LogP contribution in [0.1, 0.15) is 28.5 Å². The molecular weight excluding hydrogens is 425 g/mol. The number of hydrogen-bond donors (Lipinski definition) is 1. The number of benzene rings is 2. The molecule has 1 atom stereocenters. The van der Waals surface area contributed by atoms with Crippen molar-refractivity contribution in [2.24, 2.45) is 5.73 Å². The predicted molar refractivity (Wildman–Crippen MR) is 116 cm³/mol. The van der Waals surface area contributed by atoms with Crippen LogP contribution in [0.5, 0.6) is 0 Å². The Bertz CT molecular complexity index is 1080. The van der Waals surface area contributed by atoms with Gasteiger partial charge < -0.3 is 10.5 Å². The lowest BCUT2D eigenvalue weighted by Gasteiger charge is -2.13. The second-order valence-corrected chi connectivity index (χ2v) is 7.33. The zero-order valence-corrected chi connectivity index (χ0v) is 17.6. The molecule has 2 aromatic carbocycles. The lowest BCUT2D eigenvalue weighted by molar-refractivity contribution is -0.150. The van der Waals surface area contributed by atoms with Crippen molar-refractivity contribution in [2.45, 2.75) is 19.6 Å². The van der Waals surface area contributed by atoms with E-state index in [2.05, 4.69) is 5.10 Å². The molecule has 0 aliphatic heterocycles. The third kappa shape index (κ3) is 5.28. The number of rotatable bonds is 7. The molecule has 0 radical (unpaired) electrons. The molecule has 0 spiro atoms. The molecule has 0 aliphatic carbocycles. The largest absolute Gasteiger partial charge is 0.444 e. The molecule has 3 aromatic rings. The number of carbonyl (C=O) groups is 2. The highest BCUT2D eigenvalue weighted by molar-refractivity contribution is 6.31. The molecule has 1 aromatic heterocycles. The highest BCUT2D eigenvalue weighted by atomic mass is 35.5. The van der Waals surface area contributed by atoms with Gasteiger partial charge in [-0.15, -0.1) is 0 Å². The van der Waals surface area contributed by atoms with E-state index >= 15 is 0 Å². The van der Waals surface area contributed by atoms with Crippen molar-refractivity contribution in [3.63, 3.8) is 0 Å². The summed E-state index contributed by atoms with van der Waals surface area (Å²) in [5.74, 6) is -1.48. The molecule has 3 rings (SSSR count). The quantitative estimate of drug-likeness (QED) is 0.434. The van der Waals surface area contributed by atoms with E-state index in [0.717, 1.165) is 5.56 Å². The minimum Gasteiger partial charge on any atom is -0.444 e. The Labute approximate surface area is 183 Å². The Morgan fingerprint density at radius 3 is 2.43 bits per heavy atom. The van der Waals surface area contributed by atoms with Crippen molar-refractivity contribution in [2.75, 3.05) is 0 Å². The van der Waals surface area contributed by atoms with E-state index in [0.29, 0.717) is 33.5 Å². The summed E-state index contributed by atoms with van der Waals surface area (Å²) in [5.41, 5.74) is 8.08. The van der Waals surface area contributed by atoms with Gasteiger partial charge >= 0.3 is 5.97 Å². The first kappa shape index (κ1) is 21.6. The van der Waals surface area contributed by atoms with Crippen LogP contribution in [-0.2, 0) is 20.9 Å². The number of aromatic nitrogens is 2. The van der Waals surface area contributed by atoms with Crippen molar-refractivity contribution in [1.82, 2.24) is 9.78 Å². The first-order valence-electron chi connectivity index (χ1n) is 9.05. The molecular formula is C22H19Cl2N3O3. The highest BCUT2D eigenvalue weighted by Gasteiger charge is 2.21. The van der Waals surface area contributed by atoms with Crippen molar-refractivity contribution in [1.29, 1.82) is 0 Å². The Balaban J connectivity index is 1.73. The molecule has 6 nitrogen and oxygen atoms in total. The molecule has 0 bridgehead atoms. The Morgan fingerprint density at radius 2 is 1.80 bits per heavy atom. The Morgan fingerprint density at radius 1 is 1.13 bits per heavy atom. The Hall–Kier alpha value is -3.09. The van der Waals surface area contributed by atoms with Gasteiger partial charge in [-0.2, -0.15) is 5.10 Å². The fourth-order valence-corrected chi connectivity index (χ4v) is 3.27. The number of halogens is 2. The van der Waals surface area contributed by atoms with Crippen LogP contribution in [-0.4, -0.2) is 21.7 Å². The van der Waals surface area contributed by atoms with Crippen LogP contribution < -0.4 is 5.73 Å². The van der Waals surface area contributed by atoms with E-state index in [4.69, 9.17) is 33.7 Å². The standard InChI is InChI=1S/C22H19Cl2N3O3/c1-14-18(21(24)27(26-14)13-15-7-9-17(23)10-8-15)11-12-19(28)30-20(22(25)29)16-5-3-2-4-6-16/h2-12,20H,13H2,1H3,(H2,25,29)/b12-11+/t20-/m1/s1. The zero-order valence-electron chi connectivity index (χ0n) is 16.1. The van der Waals surface area contributed by atoms with E-state index in [1.807, 2.05) is 12.1 Å². The minimum absolute atomic E-state index is 0.376. The number of hydrogen-bond acceptors (Lipinski definition) is 4. The summed E-state index contributed by atoms with van der Waals surface area (Å²) in [6, 6.07) is 15.9. The summed E-state index contributed by atoms with van der Waals surface area (Å²) in [5, 5.41) is 5.44. The number of nitrogens with two attached hydrogens (primary N) is 1. The van der Waals surface area contributed by atoms with Crippen molar-refractivity contribution in [3.05, 3.63) is 93.2 Å². The number of esters is 1. The summed E-state index contributed by atoms with van der Waals surface area (Å²) in [6.07, 6.45) is 1.53. The third-order valence-corrected chi connectivity index (χ3v) is 4.99. The monoisotopic (exact) mass is 443 g/mol. The Kier molecular flexibility index (Phi) is 6.92. The maximum Gasteiger partial charge on any atom is 0.331 e. The smallest absolute Gasteiger partial charge is 0.331 e. The summed E-state index contributed by atoms with van der Waals surface area (Å²) in [4.78, 5) is 24.0. The molecule has 0 unspecified atom stereocenters. The van der Waals surface area contributed by atoms with Gasteiger partial charge in [0.05, 0.1) is 12.2 Å². The average Bonchev–Trinajstić information content (AvgIpc) is 2.99. The molecule has 154 valence electrons. The maximum absolute atomic E-state index is 12.3. The van der Waals surface area contributed by atoms with Crippen LogP contribution in [0.3, 0.4) is 0 Å². The lowest BCUT2D eigenvalue weighted by atomic mass is 10.1. The summed E-state index contributed by atoms with van der Waals surface area (Å²) in [6.45, 7) is 2.23. The molecule has 1 heterocycles. The third-order valence-electron chi connectivity index (χ3n) is 4.34. The van der Waals surface area contributed by atoms with Crippen LogP contribution in [0.4, 0.5) is 0 Å². The van der Waals surface area contributed by atoms with Crippen LogP contribution in [0.2, 0.25) is 10.2 Å². The first-order valence-corrected chi connectivity index (χ1v) is 9.81. The van der Waals surface area contributed by atoms with Gasteiger partial charge in [0.1, 0.15) is 5.15 Å². The van der Waals surface area contributed by atoms with Gasteiger partial charge in [0.2, 0.25) is 6.10 Å². The summed E-state index contributed by atoms with van der Waals surface area (Å²) < 4.78 is 6.86. The number of amides is 1.